The minimum atomic E-state index is -0.314. The van der Waals surface area contributed by atoms with Crippen LogP contribution in [0.4, 0.5) is 5.69 Å². The number of aromatic amines is 1. The van der Waals surface area contributed by atoms with Gasteiger partial charge >= 0.3 is 0 Å². The molecule has 0 spiro atoms. The van der Waals surface area contributed by atoms with Gasteiger partial charge in [0.05, 0.1) is 13.0 Å². The number of rotatable bonds is 7. The Morgan fingerprint density at radius 1 is 1.23 bits per heavy atom. The quantitative estimate of drug-likeness (QED) is 0.628. The van der Waals surface area contributed by atoms with E-state index < -0.39 is 0 Å². The predicted octanol–water partition coefficient (Wildman–Crippen LogP) is 3.77. The van der Waals surface area contributed by atoms with Gasteiger partial charge in [0.2, 0.25) is 11.8 Å². The van der Waals surface area contributed by atoms with Crippen molar-refractivity contribution in [3.8, 4) is 5.75 Å². The van der Waals surface area contributed by atoms with E-state index in [1.165, 1.54) is 5.56 Å². The molecule has 0 bridgehead atoms. The van der Waals surface area contributed by atoms with Crippen LogP contribution in [0.15, 0.2) is 48.7 Å². The lowest BCUT2D eigenvalue weighted by Crippen LogP contribution is -2.30. The number of carbonyl (C=O) groups is 2. The van der Waals surface area contributed by atoms with E-state index >= 15 is 0 Å². The van der Waals surface area contributed by atoms with Crippen molar-refractivity contribution in [3.05, 3.63) is 59.8 Å². The van der Waals surface area contributed by atoms with E-state index in [0.29, 0.717) is 13.1 Å². The number of aryl methyl sites for hydroxylation is 1. The smallest absolute Gasteiger partial charge is 0.229 e. The summed E-state index contributed by atoms with van der Waals surface area (Å²) < 4.78 is 5.32. The number of nitrogens with one attached hydrogen (secondary N) is 2. The Kier molecular flexibility index (Phi) is 5.74. The van der Waals surface area contributed by atoms with Crippen molar-refractivity contribution in [1.82, 2.24) is 9.88 Å². The molecular weight excluding hydrogens is 378 g/mol. The van der Waals surface area contributed by atoms with Gasteiger partial charge < -0.3 is 19.9 Å². The van der Waals surface area contributed by atoms with Gasteiger partial charge in [-0.15, -0.1) is 0 Å². The number of aromatic nitrogens is 1. The fourth-order valence-corrected chi connectivity index (χ4v) is 3.98. The van der Waals surface area contributed by atoms with Crippen LogP contribution in [0.2, 0.25) is 0 Å². The Balaban J connectivity index is 1.36. The highest BCUT2D eigenvalue weighted by molar-refractivity contribution is 5.97. The highest BCUT2D eigenvalue weighted by Crippen LogP contribution is 2.25. The molecule has 30 heavy (non-hydrogen) atoms. The van der Waals surface area contributed by atoms with Crippen LogP contribution in [0.1, 0.15) is 24.5 Å². The zero-order valence-corrected chi connectivity index (χ0v) is 17.4. The number of ether oxygens (including phenoxy) is 1. The molecule has 1 aromatic heterocycles. The average molecular weight is 405 g/mol. The first-order valence-electron chi connectivity index (χ1n) is 10.4. The third-order valence-electron chi connectivity index (χ3n) is 5.84. The lowest BCUT2D eigenvalue weighted by Gasteiger charge is -2.16. The number of hydrogen-bond donors (Lipinski definition) is 2. The lowest BCUT2D eigenvalue weighted by molar-refractivity contribution is -0.128. The van der Waals surface area contributed by atoms with Crippen molar-refractivity contribution in [2.45, 2.75) is 26.2 Å². The standard InChI is InChI=1S/C24H27N3O3/c1-3-16-4-6-19(7-5-16)26-24(29)18-12-23(28)27(15-18)11-10-17-14-25-22-9-8-20(30-2)13-21(17)22/h4-9,13-14,18,25H,3,10-12,15H2,1-2H3,(H,26,29). The van der Waals surface area contributed by atoms with Crippen LogP contribution in [0.5, 0.6) is 5.75 Å². The molecule has 1 fully saturated rings. The predicted molar refractivity (Wildman–Crippen MR) is 118 cm³/mol. The number of H-pyrrole nitrogens is 1. The van der Waals surface area contributed by atoms with E-state index in [-0.39, 0.29) is 24.2 Å². The van der Waals surface area contributed by atoms with Crippen LogP contribution in [-0.2, 0) is 22.4 Å². The average Bonchev–Trinajstić information content (AvgIpc) is 3.35. The molecule has 1 saturated heterocycles. The molecule has 1 unspecified atom stereocenters. The van der Waals surface area contributed by atoms with Crippen molar-refractivity contribution < 1.29 is 14.3 Å². The number of nitrogens with zero attached hydrogens (tertiary/aromatic N) is 1. The molecule has 1 atom stereocenters. The summed E-state index contributed by atoms with van der Waals surface area (Å²) in [6, 6.07) is 13.8. The fraction of sp³-hybridized carbons (Fsp3) is 0.333. The van der Waals surface area contributed by atoms with Crippen LogP contribution < -0.4 is 10.1 Å². The molecule has 0 saturated carbocycles. The van der Waals surface area contributed by atoms with Gasteiger partial charge in [-0.3, -0.25) is 9.59 Å². The number of hydrogen-bond acceptors (Lipinski definition) is 3. The summed E-state index contributed by atoms with van der Waals surface area (Å²) in [6.45, 7) is 3.15. The molecule has 0 aliphatic carbocycles. The Morgan fingerprint density at radius 3 is 2.77 bits per heavy atom. The molecular formula is C24H27N3O3. The summed E-state index contributed by atoms with van der Waals surface area (Å²) in [7, 11) is 1.65. The number of carbonyl (C=O) groups excluding carboxylic acids is 2. The molecule has 3 aromatic rings. The third kappa shape index (κ3) is 4.17. The van der Waals surface area contributed by atoms with Crippen molar-refractivity contribution >= 4 is 28.4 Å². The van der Waals surface area contributed by atoms with Gasteiger partial charge in [0.15, 0.2) is 0 Å². The molecule has 2 N–H and O–H groups in total. The van der Waals surface area contributed by atoms with Crippen LogP contribution in [0.3, 0.4) is 0 Å². The van der Waals surface area contributed by atoms with Crippen molar-refractivity contribution in [2.24, 2.45) is 5.92 Å². The van der Waals surface area contributed by atoms with Crippen molar-refractivity contribution in [2.75, 3.05) is 25.5 Å². The third-order valence-corrected chi connectivity index (χ3v) is 5.84. The highest BCUT2D eigenvalue weighted by atomic mass is 16.5. The topological polar surface area (TPSA) is 74.4 Å². The molecule has 6 nitrogen and oxygen atoms in total. The summed E-state index contributed by atoms with van der Waals surface area (Å²) in [6.07, 6.45) is 3.94. The monoisotopic (exact) mass is 405 g/mol. The van der Waals surface area contributed by atoms with Gasteiger partial charge in [-0.25, -0.2) is 0 Å². The first-order valence-corrected chi connectivity index (χ1v) is 10.4. The molecule has 2 amide bonds. The Labute approximate surface area is 176 Å². The molecule has 156 valence electrons. The number of likely N-dealkylation sites (tertiary alicyclic amines) is 1. The number of fused-ring (bicyclic) bond motifs is 1. The zero-order chi connectivity index (χ0) is 21.1. The van der Waals surface area contributed by atoms with Crippen LogP contribution >= 0.6 is 0 Å². The van der Waals surface area contributed by atoms with Crippen molar-refractivity contribution in [3.63, 3.8) is 0 Å². The normalized spacial score (nSPS) is 16.3. The fourth-order valence-electron chi connectivity index (χ4n) is 3.98. The van der Waals surface area contributed by atoms with Crippen LogP contribution in [0.25, 0.3) is 10.9 Å². The SMILES string of the molecule is CCc1ccc(NC(=O)C2CC(=O)N(CCc3c[nH]c4ccc(OC)cc34)C2)cc1. The maximum atomic E-state index is 12.6. The van der Waals surface area contributed by atoms with Gasteiger partial charge in [-0.05, 0) is 54.3 Å². The molecule has 4 rings (SSSR count). The molecule has 0 radical (unpaired) electrons. The van der Waals surface area contributed by atoms with Gasteiger partial charge in [-0.2, -0.15) is 0 Å². The Bertz CT molecular complexity index is 1060. The number of anilines is 1. The minimum absolute atomic E-state index is 0.0360. The summed E-state index contributed by atoms with van der Waals surface area (Å²) in [5, 5.41) is 4.05. The zero-order valence-electron chi connectivity index (χ0n) is 17.4. The van der Waals surface area contributed by atoms with E-state index in [2.05, 4.69) is 17.2 Å². The second-order valence-corrected chi connectivity index (χ2v) is 7.76. The number of methoxy groups -OCH3 is 1. The second-order valence-electron chi connectivity index (χ2n) is 7.76. The van der Waals surface area contributed by atoms with E-state index in [0.717, 1.165) is 40.7 Å². The molecule has 2 aromatic carbocycles. The van der Waals surface area contributed by atoms with Crippen molar-refractivity contribution in [1.29, 1.82) is 0 Å². The van der Waals surface area contributed by atoms with Gasteiger partial charge in [-0.1, -0.05) is 19.1 Å². The number of amides is 2. The van der Waals surface area contributed by atoms with E-state index in [4.69, 9.17) is 4.74 Å². The maximum Gasteiger partial charge on any atom is 0.229 e. The van der Waals surface area contributed by atoms with Crippen LogP contribution in [-0.4, -0.2) is 41.9 Å². The van der Waals surface area contributed by atoms with Crippen LogP contribution in [0, 0.1) is 5.92 Å². The van der Waals surface area contributed by atoms with E-state index in [9.17, 15) is 9.59 Å². The second kappa shape index (κ2) is 8.61. The molecule has 2 heterocycles. The lowest BCUT2D eigenvalue weighted by atomic mass is 10.1. The summed E-state index contributed by atoms with van der Waals surface area (Å²) >= 11 is 0. The molecule has 6 heteroatoms. The van der Waals surface area contributed by atoms with Gasteiger partial charge in [0, 0.05) is 42.3 Å². The summed E-state index contributed by atoms with van der Waals surface area (Å²) in [5.74, 6) is 0.441. The first-order chi connectivity index (χ1) is 14.6. The Morgan fingerprint density at radius 2 is 2.03 bits per heavy atom. The van der Waals surface area contributed by atoms with E-state index in [1.54, 1.807) is 12.0 Å². The van der Waals surface area contributed by atoms with E-state index in [1.807, 2.05) is 48.7 Å². The summed E-state index contributed by atoms with van der Waals surface area (Å²) in [4.78, 5) is 30.2. The number of benzene rings is 2. The summed E-state index contributed by atoms with van der Waals surface area (Å²) in [5.41, 5.74) is 4.19. The maximum absolute atomic E-state index is 12.6. The highest BCUT2D eigenvalue weighted by Gasteiger charge is 2.34. The molecule has 1 aliphatic rings. The largest absolute Gasteiger partial charge is 0.497 e. The molecule has 1 aliphatic heterocycles. The first kappa shape index (κ1) is 20.0. The minimum Gasteiger partial charge on any atom is -0.497 e. The van der Waals surface area contributed by atoms with Gasteiger partial charge in [0.25, 0.3) is 0 Å². The van der Waals surface area contributed by atoms with Gasteiger partial charge in [0.1, 0.15) is 5.75 Å². The Hall–Kier alpha value is -3.28.